The van der Waals surface area contributed by atoms with E-state index in [2.05, 4.69) is 15.3 Å². The first-order valence-electron chi connectivity index (χ1n) is 9.75. The van der Waals surface area contributed by atoms with Crippen molar-refractivity contribution in [1.82, 2.24) is 10.3 Å². The number of allylic oxidation sites excluding steroid dienone is 6. The van der Waals surface area contributed by atoms with Gasteiger partial charge in [-0.15, -0.1) is 0 Å². The summed E-state index contributed by atoms with van der Waals surface area (Å²) in [6.07, 6.45) is 9.20. The first-order chi connectivity index (χ1) is 15.8. The zero-order chi connectivity index (χ0) is 24.2. The van der Waals surface area contributed by atoms with Crippen molar-refractivity contribution in [2.45, 2.75) is 6.42 Å². The van der Waals surface area contributed by atoms with E-state index in [1.807, 2.05) is 18.2 Å². The SMILES string of the molecule is COCCOCC1=C(C(=O)OC)CN=C(c2ncc(F)cc2F)N1.ClC1=CCC=CC(Cl)=C1. The van der Waals surface area contributed by atoms with E-state index < -0.39 is 17.6 Å². The van der Waals surface area contributed by atoms with Crippen LogP contribution in [0, 0.1) is 11.6 Å². The van der Waals surface area contributed by atoms with Crippen LogP contribution in [0.5, 0.6) is 0 Å². The maximum atomic E-state index is 13.9. The zero-order valence-electron chi connectivity index (χ0n) is 18.0. The summed E-state index contributed by atoms with van der Waals surface area (Å²) in [6, 6.07) is 0.709. The molecule has 3 rings (SSSR count). The van der Waals surface area contributed by atoms with Gasteiger partial charge in [0.1, 0.15) is 11.5 Å². The lowest BCUT2D eigenvalue weighted by molar-refractivity contribution is -0.136. The van der Waals surface area contributed by atoms with Gasteiger partial charge in [-0.1, -0.05) is 35.4 Å². The standard InChI is InChI=1S/C15H17F2N3O4.C7H6Cl2/c1-22-3-4-24-8-12-10(15(21)23-2)7-19-14(20-12)13-11(17)5-9(16)6-18-13;8-6-3-1-2-4-7(9)5-6/h5-6H,3-4,7-8H2,1-2H3,(H,19,20);1,3-5H,2H2. The minimum Gasteiger partial charge on any atom is -0.466 e. The number of carbonyl (C=O) groups excluding carboxylic acids is 1. The Bertz CT molecular complexity index is 1010. The van der Waals surface area contributed by atoms with Crippen LogP contribution in [-0.4, -0.2) is 57.4 Å². The molecular weight excluding hydrogens is 479 g/mol. The summed E-state index contributed by atoms with van der Waals surface area (Å²) in [4.78, 5) is 19.6. The predicted octanol–water partition coefficient (Wildman–Crippen LogP) is 3.99. The highest BCUT2D eigenvalue weighted by molar-refractivity contribution is 6.35. The fourth-order valence-corrected chi connectivity index (χ4v) is 3.05. The topological polar surface area (TPSA) is 82.0 Å². The molecule has 0 radical (unpaired) electrons. The van der Waals surface area contributed by atoms with E-state index in [4.69, 9.17) is 37.4 Å². The maximum Gasteiger partial charge on any atom is 0.337 e. The average molecular weight is 502 g/mol. The fourth-order valence-electron chi connectivity index (χ4n) is 2.59. The minimum absolute atomic E-state index is 0.0313. The highest BCUT2D eigenvalue weighted by Crippen LogP contribution is 2.16. The van der Waals surface area contributed by atoms with Crippen molar-refractivity contribution in [1.29, 1.82) is 0 Å². The second-order valence-corrected chi connectivity index (χ2v) is 7.40. The summed E-state index contributed by atoms with van der Waals surface area (Å²) < 4.78 is 41.8. The number of nitrogens with zero attached hydrogens (tertiary/aromatic N) is 2. The van der Waals surface area contributed by atoms with Crippen molar-refractivity contribution < 1.29 is 27.8 Å². The minimum atomic E-state index is -0.859. The van der Waals surface area contributed by atoms with Crippen LogP contribution in [0.3, 0.4) is 0 Å². The van der Waals surface area contributed by atoms with E-state index in [9.17, 15) is 13.6 Å². The lowest BCUT2D eigenvalue weighted by Crippen LogP contribution is -2.35. The molecule has 0 saturated heterocycles. The number of hydrogen-bond acceptors (Lipinski definition) is 7. The van der Waals surface area contributed by atoms with E-state index in [0.29, 0.717) is 35.0 Å². The molecule has 2 aliphatic rings. The van der Waals surface area contributed by atoms with Crippen LogP contribution in [0.1, 0.15) is 12.1 Å². The molecule has 0 fully saturated rings. The Labute approximate surface area is 200 Å². The molecule has 0 amide bonds. The molecule has 33 heavy (non-hydrogen) atoms. The highest BCUT2D eigenvalue weighted by atomic mass is 35.5. The van der Waals surface area contributed by atoms with Gasteiger partial charge in [-0.25, -0.2) is 18.6 Å². The van der Waals surface area contributed by atoms with Crippen LogP contribution in [0.4, 0.5) is 8.78 Å². The summed E-state index contributed by atoms with van der Waals surface area (Å²) >= 11 is 11.3. The third kappa shape index (κ3) is 8.70. The van der Waals surface area contributed by atoms with Gasteiger partial charge in [-0.2, -0.15) is 0 Å². The van der Waals surface area contributed by atoms with Gasteiger partial charge in [-0.3, -0.25) is 4.99 Å². The second kappa shape index (κ2) is 13.8. The number of methoxy groups -OCH3 is 2. The number of amidine groups is 1. The molecule has 0 spiro atoms. The third-order valence-corrected chi connectivity index (χ3v) is 4.67. The quantitative estimate of drug-likeness (QED) is 0.449. The summed E-state index contributed by atoms with van der Waals surface area (Å²) in [7, 11) is 2.79. The van der Waals surface area contributed by atoms with Gasteiger partial charge in [-0.05, 0) is 18.6 Å². The number of carbonyl (C=O) groups is 1. The van der Waals surface area contributed by atoms with E-state index in [-0.39, 0.29) is 30.3 Å². The smallest absolute Gasteiger partial charge is 0.337 e. The number of nitrogens with one attached hydrogen (secondary N) is 1. The maximum absolute atomic E-state index is 13.9. The molecule has 0 atom stereocenters. The van der Waals surface area contributed by atoms with Gasteiger partial charge >= 0.3 is 5.97 Å². The first kappa shape index (κ1) is 26.7. The zero-order valence-corrected chi connectivity index (χ0v) is 19.6. The van der Waals surface area contributed by atoms with E-state index in [1.54, 1.807) is 6.08 Å². The lowest BCUT2D eigenvalue weighted by Gasteiger charge is -2.21. The van der Waals surface area contributed by atoms with Crippen molar-refractivity contribution in [2.75, 3.05) is 40.6 Å². The first-order valence-corrected chi connectivity index (χ1v) is 10.5. The molecule has 2 heterocycles. The fraction of sp³-hybridized carbons (Fsp3) is 0.318. The van der Waals surface area contributed by atoms with Crippen molar-refractivity contribution in [3.63, 3.8) is 0 Å². The Hall–Kier alpha value is -2.59. The Balaban J connectivity index is 0.000000357. The largest absolute Gasteiger partial charge is 0.466 e. The van der Waals surface area contributed by atoms with Gasteiger partial charge in [0, 0.05) is 23.2 Å². The summed E-state index contributed by atoms with van der Waals surface area (Å²) in [6.45, 7) is 0.716. The molecule has 1 aliphatic heterocycles. The monoisotopic (exact) mass is 501 g/mol. The predicted molar refractivity (Wildman–Crippen MR) is 122 cm³/mol. The number of aromatic nitrogens is 1. The number of pyridine rings is 1. The van der Waals surface area contributed by atoms with Gasteiger partial charge in [0.2, 0.25) is 0 Å². The Morgan fingerprint density at radius 2 is 2.00 bits per heavy atom. The van der Waals surface area contributed by atoms with Crippen molar-refractivity contribution in [3.8, 4) is 0 Å². The van der Waals surface area contributed by atoms with Gasteiger partial charge < -0.3 is 19.5 Å². The molecule has 1 aromatic rings. The molecule has 178 valence electrons. The summed E-state index contributed by atoms with van der Waals surface area (Å²) in [5.41, 5.74) is 0.504. The lowest BCUT2D eigenvalue weighted by atomic mass is 10.1. The molecule has 1 N–H and O–H groups in total. The Morgan fingerprint density at radius 1 is 1.21 bits per heavy atom. The van der Waals surface area contributed by atoms with Crippen LogP contribution >= 0.6 is 23.2 Å². The average Bonchev–Trinajstić information content (AvgIpc) is 2.99. The van der Waals surface area contributed by atoms with E-state index >= 15 is 0 Å². The molecule has 1 aromatic heterocycles. The molecular formula is C22H23Cl2F2N3O4. The van der Waals surface area contributed by atoms with Crippen LogP contribution in [0.2, 0.25) is 0 Å². The van der Waals surface area contributed by atoms with Gasteiger partial charge in [0.15, 0.2) is 11.7 Å². The van der Waals surface area contributed by atoms with Crippen molar-refractivity contribution >= 4 is 35.0 Å². The van der Waals surface area contributed by atoms with Crippen molar-refractivity contribution in [3.05, 3.63) is 75.2 Å². The van der Waals surface area contributed by atoms with Gasteiger partial charge in [0.05, 0.1) is 50.9 Å². The number of esters is 1. The normalized spacial score (nSPS) is 15.4. The summed E-state index contributed by atoms with van der Waals surface area (Å²) in [5, 5.41) is 4.21. The number of aliphatic imine (C=N–C) groups is 1. The molecule has 0 unspecified atom stereocenters. The van der Waals surface area contributed by atoms with Crippen LogP contribution in [-0.2, 0) is 19.0 Å². The van der Waals surface area contributed by atoms with Crippen LogP contribution < -0.4 is 5.32 Å². The Morgan fingerprint density at radius 3 is 2.70 bits per heavy atom. The third-order valence-electron chi connectivity index (χ3n) is 4.17. The van der Waals surface area contributed by atoms with Gasteiger partial charge in [0.25, 0.3) is 0 Å². The number of halogens is 4. The molecule has 0 bridgehead atoms. The second-order valence-electron chi connectivity index (χ2n) is 6.52. The molecule has 0 aromatic carbocycles. The molecule has 1 aliphatic carbocycles. The molecule has 11 heteroatoms. The van der Waals surface area contributed by atoms with Crippen LogP contribution in [0.25, 0.3) is 0 Å². The van der Waals surface area contributed by atoms with E-state index in [0.717, 1.165) is 12.6 Å². The molecule has 0 saturated carbocycles. The van der Waals surface area contributed by atoms with Crippen molar-refractivity contribution in [2.24, 2.45) is 4.99 Å². The summed E-state index contributed by atoms with van der Waals surface area (Å²) in [5.74, 6) is -2.13. The number of rotatable bonds is 7. The molecule has 7 nitrogen and oxygen atoms in total. The van der Waals surface area contributed by atoms with E-state index in [1.165, 1.54) is 14.2 Å². The highest BCUT2D eigenvalue weighted by Gasteiger charge is 2.24. The number of hydrogen-bond donors (Lipinski definition) is 1. The number of ether oxygens (including phenoxy) is 3. The van der Waals surface area contributed by atoms with Crippen LogP contribution in [0.15, 0.2) is 62.9 Å². The Kier molecular flexibility index (Phi) is 11.2.